The zero-order chi connectivity index (χ0) is 32.6. The number of piperazine rings is 1. The smallest absolute Gasteiger partial charge is 0.366 e. The first-order valence-electron chi connectivity index (χ1n) is 16.0. The molecular weight excluding hydrogens is 585 g/mol. The molecule has 2 atom stereocenters. The van der Waals surface area contributed by atoms with E-state index in [0.717, 1.165) is 45.3 Å². The molecule has 1 aromatic heterocycles. The van der Waals surface area contributed by atoms with E-state index in [9.17, 15) is 22.8 Å². The third-order valence-electron chi connectivity index (χ3n) is 8.44. The zero-order valence-electron chi connectivity index (χ0n) is 26.8. The summed E-state index contributed by atoms with van der Waals surface area (Å²) in [5.74, 6) is -1.07. The van der Waals surface area contributed by atoms with Crippen LogP contribution in [0.4, 0.5) is 30.6 Å². The molecule has 3 N–H and O–H groups in total. The second-order valence-corrected chi connectivity index (χ2v) is 12.4. The minimum absolute atomic E-state index is 0.0257. The van der Waals surface area contributed by atoms with Crippen molar-refractivity contribution in [3.63, 3.8) is 0 Å². The van der Waals surface area contributed by atoms with Crippen molar-refractivity contribution in [2.75, 3.05) is 63.5 Å². The summed E-state index contributed by atoms with van der Waals surface area (Å²) < 4.78 is 41.6. The highest BCUT2D eigenvalue weighted by atomic mass is 19.4. The number of anilines is 3. The molecule has 248 valence electrons. The monoisotopic (exact) mass is 632 g/mol. The van der Waals surface area contributed by atoms with Crippen molar-refractivity contribution in [3.05, 3.63) is 41.6 Å². The SMILES string of the molecule is CCCCN(C)CCN1CCN(C(=O)c2ccc(Nc3ncc(C(F)(F)F)c(NC4CCCC4C(=O)NC(C)C)n3)cc2)CC1. The molecule has 10 nitrogen and oxygen atoms in total. The van der Waals surface area contributed by atoms with Crippen molar-refractivity contribution in [1.82, 2.24) is 30.0 Å². The van der Waals surface area contributed by atoms with Crippen LogP contribution in [0.3, 0.4) is 0 Å². The molecule has 2 fully saturated rings. The van der Waals surface area contributed by atoms with Crippen molar-refractivity contribution < 1.29 is 22.8 Å². The van der Waals surface area contributed by atoms with Crippen LogP contribution in [0.25, 0.3) is 0 Å². The van der Waals surface area contributed by atoms with Crippen molar-refractivity contribution in [1.29, 1.82) is 0 Å². The quantitative estimate of drug-likeness (QED) is 0.289. The van der Waals surface area contributed by atoms with Gasteiger partial charge in [-0.15, -0.1) is 0 Å². The van der Waals surface area contributed by atoms with Gasteiger partial charge in [0, 0.05) is 68.8 Å². The van der Waals surface area contributed by atoms with Gasteiger partial charge in [-0.05, 0) is 71.0 Å². The van der Waals surface area contributed by atoms with Crippen molar-refractivity contribution in [2.45, 2.75) is 71.1 Å². The fraction of sp³-hybridized carbons (Fsp3) is 0.625. The van der Waals surface area contributed by atoms with E-state index >= 15 is 0 Å². The van der Waals surface area contributed by atoms with Gasteiger partial charge in [-0.3, -0.25) is 14.5 Å². The van der Waals surface area contributed by atoms with Crippen LogP contribution in [0.15, 0.2) is 30.5 Å². The van der Waals surface area contributed by atoms with Crippen LogP contribution in [-0.2, 0) is 11.0 Å². The Bertz CT molecular complexity index is 1270. The maximum Gasteiger partial charge on any atom is 0.421 e. The molecule has 0 radical (unpaired) electrons. The van der Waals surface area contributed by atoms with E-state index < -0.39 is 23.7 Å². The van der Waals surface area contributed by atoms with Gasteiger partial charge in [0.25, 0.3) is 5.91 Å². The molecule has 1 aliphatic carbocycles. The van der Waals surface area contributed by atoms with Gasteiger partial charge in [0.05, 0.1) is 5.92 Å². The Labute approximate surface area is 264 Å². The summed E-state index contributed by atoms with van der Waals surface area (Å²) in [5.41, 5.74) is 0.0767. The van der Waals surface area contributed by atoms with Gasteiger partial charge in [-0.25, -0.2) is 4.98 Å². The first-order chi connectivity index (χ1) is 21.4. The number of nitrogens with one attached hydrogen (secondary N) is 3. The van der Waals surface area contributed by atoms with Gasteiger partial charge in [-0.1, -0.05) is 19.8 Å². The first kappa shape index (κ1) is 34.4. The molecule has 2 heterocycles. The topological polar surface area (TPSA) is 106 Å². The third kappa shape index (κ3) is 9.77. The van der Waals surface area contributed by atoms with Crippen LogP contribution in [0, 0.1) is 5.92 Å². The minimum Gasteiger partial charge on any atom is -0.366 e. The fourth-order valence-corrected chi connectivity index (χ4v) is 5.81. The van der Waals surface area contributed by atoms with Crippen LogP contribution in [-0.4, -0.2) is 101 Å². The van der Waals surface area contributed by atoms with Gasteiger partial charge < -0.3 is 25.8 Å². The van der Waals surface area contributed by atoms with E-state index in [2.05, 4.69) is 49.7 Å². The standard InChI is InChI=1S/C32H47F3N8O2/c1-5-6-14-41(4)15-16-42-17-19-43(20-18-42)30(45)23-10-12-24(13-11-23)38-31-36-21-26(32(33,34)35)28(40-31)39-27-9-7-8-25(27)29(44)37-22(2)3/h10-13,21-22,25,27H,5-9,14-20H2,1-4H3,(H,37,44)(H2,36,38,39,40). The number of alkyl halides is 3. The van der Waals surface area contributed by atoms with Gasteiger partial charge in [0.15, 0.2) is 0 Å². The number of likely N-dealkylation sites (N-methyl/N-ethyl adjacent to an activating group) is 1. The Hall–Kier alpha value is -3.45. The van der Waals surface area contributed by atoms with Crippen molar-refractivity contribution in [3.8, 4) is 0 Å². The average Bonchev–Trinajstić information content (AvgIpc) is 3.47. The lowest BCUT2D eigenvalue weighted by Crippen LogP contribution is -2.50. The molecule has 2 amide bonds. The Morgan fingerprint density at radius 3 is 2.42 bits per heavy atom. The second-order valence-electron chi connectivity index (χ2n) is 12.4. The molecule has 4 rings (SSSR count). The van der Waals surface area contributed by atoms with Crippen LogP contribution in [0.5, 0.6) is 0 Å². The molecule has 0 bridgehead atoms. The number of benzene rings is 1. The molecule has 45 heavy (non-hydrogen) atoms. The Balaban J connectivity index is 1.36. The Morgan fingerprint density at radius 1 is 1.07 bits per heavy atom. The van der Waals surface area contributed by atoms with Gasteiger partial charge in [-0.2, -0.15) is 18.2 Å². The van der Waals surface area contributed by atoms with Crippen molar-refractivity contribution >= 4 is 29.3 Å². The van der Waals surface area contributed by atoms with Crippen LogP contribution < -0.4 is 16.0 Å². The Kier molecular flexibility index (Phi) is 12.0. The minimum atomic E-state index is -4.67. The van der Waals surface area contributed by atoms with E-state index in [4.69, 9.17) is 0 Å². The average molecular weight is 633 g/mol. The number of hydrogen-bond acceptors (Lipinski definition) is 8. The molecule has 2 unspecified atom stereocenters. The predicted molar refractivity (Wildman–Crippen MR) is 170 cm³/mol. The second kappa shape index (κ2) is 15.7. The summed E-state index contributed by atoms with van der Waals surface area (Å²) in [4.78, 5) is 40.5. The molecule has 1 saturated carbocycles. The molecule has 2 aromatic rings. The lowest BCUT2D eigenvalue weighted by Gasteiger charge is -2.35. The summed E-state index contributed by atoms with van der Waals surface area (Å²) in [6.45, 7) is 12.0. The van der Waals surface area contributed by atoms with E-state index in [1.165, 1.54) is 12.8 Å². The first-order valence-corrected chi connectivity index (χ1v) is 16.0. The molecular formula is C32H47F3N8O2. The lowest BCUT2D eigenvalue weighted by atomic mass is 10.0. The maximum atomic E-state index is 13.9. The largest absolute Gasteiger partial charge is 0.421 e. The lowest BCUT2D eigenvalue weighted by molar-refractivity contribution is -0.137. The number of amides is 2. The summed E-state index contributed by atoms with van der Waals surface area (Å²) in [5, 5.41) is 8.72. The van der Waals surface area contributed by atoms with Crippen LogP contribution in [0.1, 0.15) is 68.8 Å². The third-order valence-corrected chi connectivity index (χ3v) is 8.44. The Morgan fingerprint density at radius 2 is 1.78 bits per heavy atom. The highest BCUT2D eigenvalue weighted by Gasteiger charge is 2.39. The molecule has 1 aliphatic heterocycles. The number of aromatic nitrogens is 2. The number of carbonyl (C=O) groups excluding carboxylic acids is 2. The molecule has 13 heteroatoms. The number of carbonyl (C=O) groups is 2. The fourth-order valence-electron chi connectivity index (χ4n) is 5.81. The predicted octanol–water partition coefficient (Wildman–Crippen LogP) is 4.83. The van der Waals surface area contributed by atoms with Crippen LogP contribution >= 0.6 is 0 Å². The van der Waals surface area contributed by atoms with E-state index in [0.29, 0.717) is 37.2 Å². The molecule has 2 aliphatic rings. The summed E-state index contributed by atoms with van der Waals surface area (Å²) in [6.07, 6.45) is 0.328. The number of rotatable bonds is 13. The van der Waals surface area contributed by atoms with E-state index in [-0.39, 0.29) is 29.6 Å². The van der Waals surface area contributed by atoms with Gasteiger partial charge >= 0.3 is 6.18 Å². The number of hydrogen-bond donors (Lipinski definition) is 3. The summed E-state index contributed by atoms with van der Waals surface area (Å²) in [6, 6.07) is 6.22. The summed E-state index contributed by atoms with van der Waals surface area (Å²) in [7, 11) is 2.15. The highest BCUT2D eigenvalue weighted by Crippen LogP contribution is 2.36. The van der Waals surface area contributed by atoms with Crippen molar-refractivity contribution in [2.24, 2.45) is 5.92 Å². The van der Waals surface area contributed by atoms with Gasteiger partial charge in [0.2, 0.25) is 11.9 Å². The molecule has 1 saturated heterocycles. The zero-order valence-corrected chi connectivity index (χ0v) is 26.8. The highest BCUT2D eigenvalue weighted by molar-refractivity contribution is 5.94. The van der Waals surface area contributed by atoms with E-state index in [1.54, 1.807) is 24.3 Å². The number of unbranched alkanes of at least 4 members (excludes halogenated alkanes) is 1. The van der Waals surface area contributed by atoms with Crippen LogP contribution in [0.2, 0.25) is 0 Å². The molecule has 0 spiro atoms. The normalized spacial score (nSPS) is 19.3. The number of halogens is 3. The summed E-state index contributed by atoms with van der Waals surface area (Å²) >= 11 is 0. The molecule has 1 aromatic carbocycles. The maximum absolute atomic E-state index is 13.9. The van der Waals surface area contributed by atoms with E-state index in [1.807, 2.05) is 18.7 Å². The van der Waals surface area contributed by atoms with Gasteiger partial charge in [0.1, 0.15) is 11.4 Å². The number of nitrogens with zero attached hydrogens (tertiary/aromatic N) is 5.